The molecule has 1 aromatic rings. The molecule has 0 aromatic heterocycles. The lowest BCUT2D eigenvalue weighted by atomic mass is 10.1. The zero-order valence-electron chi connectivity index (χ0n) is 12.6. The number of ether oxygens (including phenoxy) is 1. The summed E-state index contributed by atoms with van der Waals surface area (Å²) in [5.74, 6) is -1.52. The van der Waals surface area contributed by atoms with Gasteiger partial charge in [0, 0.05) is 26.6 Å². The lowest BCUT2D eigenvalue weighted by molar-refractivity contribution is -0.119. The lowest BCUT2D eigenvalue weighted by Gasteiger charge is -2.27. The fourth-order valence-electron chi connectivity index (χ4n) is 2.22. The van der Waals surface area contributed by atoms with Crippen LogP contribution in [0.25, 0.3) is 0 Å². The average molecular weight is 342 g/mol. The van der Waals surface area contributed by atoms with E-state index in [1.165, 1.54) is 23.4 Å². The van der Waals surface area contributed by atoms with Crippen LogP contribution in [0.1, 0.15) is 22.8 Å². The van der Waals surface area contributed by atoms with E-state index in [9.17, 15) is 18.0 Å². The molecule has 2 N–H and O–H groups in total. The predicted molar refractivity (Wildman–Crippen MR) is 80.5 cm³/mol. The maximum Gasteiger partial charge on any atom is 0.335 e. The molecule has 0 radical (unpaired) electrons. The summed E-state index contributed by atoms with van der Waals surface area (Å²) >= 11 is 0. The van der Waals surface area contributed by atoms with Crippen LogP contribution in [0.15, 0.2) is 23.1 Å². The molecule has 126 valence electrons. The summed E-state index contributed by atoms with van der Waals surface area (Å²) < 4.78 is 32.0. The molecule has 1 saturated heterocycles. The Morgan fingerprint density at radius 2 is 1.96 bits per heavy atom. The summed E-state index contributed by atoms with van der Waals surface area (Å²) in [4.78, 5) is 22.1. The molecule has 1 aromatic carbocycles. The van der Waals surface area contributed by atoms with Crippen LogP contribution in [0, 0.1) is 0 Å². The SMILES string of the molecule is CC(=O)NCc1ccc(C(=O)O)cc1S(=O)(=O)N1CCOCC1. The summed E-state index contributed by atoms with van der Waals surface area (Å²) in [6.45, 7) is 2.33. The Morgan fingerprint density at radius 3 is 2.52 bits per heavy atom. The fraction of sp³-hybridized carbons (Fsp3) is 0.429. The maximum absolute atomic E-state index is 12.8. The van der Waals surface area contributed by atoms with Crippen molar-refractivity contribution >= 4 is 21.9 Å². The molecule has 0 aliphatic carbocycles. The minimum absolute atomic E-state index is 0.00807. The van der Waals surface area contributed by atoms with E-state index in [-0.39, 0.29) is 36.0 Å². The Labute approximate surface area is 134 Å². The van der Waals surface area contributed by atoms with Crippen LogP contribution in [0.3, 0.4) is 0 Å². The highest BCUT2D eigenvalue weighted by Crippen LogP contribution is 2.23. The van der Waals surface area contributed by atoms with Crippen molar-refractivity contribution in [2.24, 2.45) is 0 Å². The standard InChI is InChI=1S/C14H18N2O6S/c1-10(17)15-9-12-3-2-11(14(18)19)8-13(12)23(20,21)16-4-6-22-7-5-16/h2-3,8H,4-7,9H2,1H3,(H,15,17)(H,18,19). The predicted octanol–water partition coefficient (Wildman–Crippen LogP) is 0.0418. The minimum atomic E-state index is -3.86. The Hall–Kier alpha value is -1.97. The summed E-state index contributed by atoms with van der Waals surface area (Å²) in [5.41, 5.74) is 0.222. The topological polar surface area (TPSA) is 113 Å². The van der Waals surface area contributed by atoms with Crippen LogP contribution < -0.4 is 5.32 Å². The molecule has 1 aliphatic heterocycles. The van der Waals surface area contributed by atoms with Crippen molar-refractivity contribution < 1.29 is 27.9 Å². The van der Waals surface area contributed by atoms with E-state index >= 15 is 0 Å². The van der Waals surface area contributed by atoms with Crippen LogP contribution in [0.5, 0.6) is 0 Å². The molecular weight excluding hydrogens is 324 g/mol. The first kappa shape index (κ1) is 17.4. The van der Waals surface area contributed by atoms with Crippen LogP contribution >= 0.6 is 0 Å². The average Bonchev–Trinajstić information content (AvgIpc) is 2.53. The van der Waals surface area contributed by atoms with Crippen LogP contribution in [-0.2, 0) is 26.1 Å². The number of hydrogen-bond acceptors (Lipinski definition) is 5. The molecular formula is C14H18N2O6S. The molecule has 1 amide bonds. The number of sulfonamides is 1. The summed E-state index contributed by atoms with van der Waals surface area (Å²) in [6, 6.07) is 3.86. The van der Waals surface area contributed by atoms with Crippen molar-refractivity contribution in [1.29, 1.82) is 0 Å². The van der Waals surface area contributed by atoms with Crippen molar-refractivity contribution in [3.05, 3.63) is 29.3 Å². The van der Waals surface area contributed by atoms with E-state index in [1.807, 2.05) is 0 Å². The van der Waals surface area contributed by atoms with Gasteiger partial charge in [-0.2, -0.15) is 4.31 Å². The number of aromatic carboxylic acids is 1. The van der Waals surface area contributed by atoms with E-state index in [2.05, 4.69) is 5.32 Å². The lowest BCUT2D eigenvalue weighted by Crippen LogP contribution is -2.41. The van der Waals surface area contributed by atoms with Gasteiger partial charge in [0.1, 0.15) is 0 Å². The normalized spacial score (nSPS) is 16.0. The number of carboxylic acids is 1. The first-order chi connectivity index (χ1) is 10.8. The molecule has 8 nitrogen and oxygen atoms in total. The molecule has 0 bridgehead atoms. The molecule has 1 aliphatic rings. The highest BCUT2D eigenvalue weighted by Gasteiger charge is 2.29. The quantitative estimate of drug-likeness (QED) is 0.781. The first-order valence-electron chi connectivity index (χ1n) is 7.01. The van der Waals surface area contributed by atoms with E-state index in [1.54, 1.807) is 0 Å². The Bertz CT molecular complexity index is 710. The third kappa shape index (κ3) is 4.06. The highest BCUT2D eigenvalue weighted by molar-refractivity contribution is 7.89. The van der Waals surface area contributed by atoms with Crippen molar-refractivity contribution in [1.82, 2.24) is 9.62 Å². The molecule has 23 heavy (non-hydrogen) atoms. The van der Waals surface area contributed by atoms with Crippen LogP contribution in [0.2, 0.25) is 0 Å². The van der Waals surface area contributed by atoms with Gasteiger partial charge in [0.05, 0.1) is 23.7 Å². The number of carbonyl (C=O) groups excluding carboxylic acids is 1. The number of hydrogen-bond donors (Lipinski definition) is 2. The second-order valence-electron chi connectivity index (χ2n) is 5.05. The molecule has 1 fully saturated rings. The number of carboxylic acid groups (broad SMARTS) is 1. The van der Waals surface area contributed by atoms with Gasteiger partial charge in [0.2, 0.25) is 15.9 Å². The summed E-state index contributed by atoms with van der Waals surface area (Å²) in [7, 11) is -3.86. The van der Waals surface area contributed by atoms with Crippen molar-refractivity contribution in [2.45, 2.75) is 18.4 Å². The van der Waals surface area contributed by atoms with Gasteiger partial charge in [-0.3, -0.25) is 4.79 Å². The van der Waals surface area contributed by atoms with Gasteiger partial charge in [0.15, 0.2) is 0 Å². The highest BCUT2D eigenvalue weighted by atomic mass is 32.2. The smallest absolute Gasteiger partial charge is 0.335 e. The van der Waals surface area contributed by atoms with Gasteiger partial charge in [-0.25, -0.2) is 13.2 Å². The van der Waals surface area contributed by atoms with E-state index in [0.29, 0.717) is 18.8 Å². The van der Waals surface area contributed by atoms with Crippen molar-refractivity contribution in [3.63, 3.8) is 0 Å². The number of carbonyl (C=O) groups is 2. The van der Waals surface area contributed by atoms with E-state index < -0.39 is 16.0 Å². The molecule has 0 atom stereocenters. The molecule has 9 heteroatoms. The summed E-state index contributed by atoms with van der Waals surface area (Å²) in [5, 5.41) is 11.6. The van der Waals surface area contributed by atoms with Crippen LogP contribution in [-0.4, -0.2) is 56.0 Å². The Kier molecular flexibility index (Phi) is 5.34. The van der Waals surface area contributed by atoms with Crippen LogP contribution in [0.4, 0.5) is 0 Å². The van der Waals surface area contributed by atoms with Gasteiger partial charge in [-0.15, -0.1) is 0 Å². The maximum atomic E-state index is 12.8. The monoisotopic (exact) mass is 342 g/mol. The van der Waals surface area contributed by atoms with Gasteiger partial charge in [-0.05, 0) is 17.7 Å². The third-order valence-electron chi connectivity index (χ3n) is 3.43. The Balaban J connectivity index is 2.44. The minimum Gasteiger partial charge on any atom is -0.478 e. The zero-order valence-corrected chi connectivity index (χ0v) is 13.4. The van der Waals surface area contributed by atoms with Crippen molar-refractivity contribution in [3.8, 4) is 0 Å². The van der Waals surface area contributed by atoms with Gasteiger partial charge in [0.25, 0.3) is 0 Å². The zero-order chi connectivity index (χ0) is 17.0. The third-order valence-corrected chi connectivity index (χ3v) is 5.41. The number of rotatable bonds is 5. The van der Waals surface area contributed by atoms with E-state index in [0.717, 1.165) is 6.07 Å². The molecule has 2 rings (SSSR count). The molecule has 0 spiro atoms. The second kappa shape index (κ2) is 7.07. The van der Waals surface area contributed by atoms with Gasteiger partial charge in [-0.1, -0.05) is 6.07 Å². The second-order valence-corrected chi connectivity index (χ2v) is 6.96. The number of nitrogens with one attached hydrogen (secondary N) is 1. The van der Waals surface area contributed by atoms with Gasteiger partial charge >= 0.3 is 5.97 Å². The number of nitrogens with zero attached hydrogens (tertiary/aromatic N) is 1. The summed E-state index contributed by atoms with van der Waals surface area (Å²) in [6.07, 6.45) is 0. The number of amides is 1. The largest absolute Gasteiger partial charge is 0.478 e. The molecule has 0 saturated carbocycles. The number of morpholine rings is 1. The fourth-order valence-corrected chi connectivity index (χ4v) is 3.87. The van der Waals surface area contributed by atoms with Crippen molar-refractivity contribution in [2.75, 3.05) is 26.3 Å². The molecule has 0 unspecified atom stereocenters. The van der Waals surface area contributed by atoms with Gasteiger partial charge < -0.3 is 15.2 Å². The Morgan fingerprint density at radius 1 is 1.30 bits per heavy atom. The number of benzene rings is 1. The molecule has 1 heterocycles. The van der Waals surface area contributed by atoms with E-state index in [4.69, 9.17) is 9.84 Å². The first-order valence-corrected chi connectivity index (χ1v) is 8.45.